The van der Waals surface area contributed by atoms with Crippen molar-refractivity contribution in [3.8, 4) is 6.07 Å². The number of hydrogen-bond acceptors (Lipinski definition) is 6. The van der Waals surface area contributed by atoms with Crippen molar-refractivity contribution in [2.75, 3.05) is 24.5 Å². The Labute approximate surface area is 201 Å². The number of rotatable bonds is 12. The van der Waals surface area contributed by atoms with Crippen LogP contribution in [0.3, 0.4) is 0 Å². The summed E-state index contributed by atoms with van der Waals surface area (Å²) in [6.07, 6.45) is -0.458. The highest BCUT2D eigenvalue weighted by Crippen LogP contribution is 2.18. The molecule has 0 aliphatic heterocycles. The van der Waals surface area contributed by atoms with E-state index in [1.807, 2.05) is 12.1 Å². The van der Waals surface area contributed by atoms with Crippen molar-refractivity contribution in [3.63, 3.8) is 0 Å². The Morgan fingerprint density at radius 3 is 2.21 bits per heavy atom. The number of ether oxygens (including phenoxy) is 1. The average molecular weight is 486 g/mol. The van der Waals surface area contributed by atoms with Crippen LogP contribution < -0.4 is 4.90 Å². The van der Waals surface area contributed by atoms with E-state index in [1.54, 1.807) is 50.2 Å². The highest BCUT2D eigenvalue weighted by Gasteiger charge is 2.25. The van der Waals surface area contributed by atoms with E-state index in [0.717, 1.165) is 5.56 Å². The number of esters is 1. The van der Waals surface area contributed by atoms with E-state index in [0.29, 0.717) is 25.2 Å². The van der Waals surface area contributed by atoms with Crippen molar-refractivity contribution in [3.05, 3.63) is 60.2 Å². The van der Waals surface area contributed by atoms with E-state index < -0.39 is 28.0 Å². The number of sulfonamides is 1. The van der Waals surface area contributed by atoms with Gasteiger partial charge >= 0.3 is 5.97 Å². The lowest BCUT2D eigenvalue weighted by atomic mass is 10.1. The monoisotopic (exact) mass is 485 g/mol. The van der Waals surface area contributed by atoms with Crippen LogP contribution in [0, 0.1) is 11.3 Å². The number of benzene rings is 2. The minimum absolute atomic E-state index is 0.0449. The third-order valence-electron chi connectivity index (χ3n) is 5.32. The molecule has 2 rings (SSSR count). The molecule has 1 amide bonds. The Hall–Kier alpha value is -3.22. The first-order valence-corrected chi connectivity index (χ1v) is 12.7. The fourth-order valence-corrected chi connectivity index (χ4v) is 4.91. The van der Waals surface area contributed by atoms with Gasteiger partial charge in [-0.3, -0.25) is 9.59 Å². The van der Waals surface area contributed by atoms with Gasteiger partial charge in [0.2, 0.25) is 10.0 Å². The molecule has 0 spiro atoms. The molecule has 8 nitrogen and oxygen atoms in total. The van der Waals surface area contributed by atoms with Crippen molar-refractivity contribution in [1.82, 2.24) is 4.31 Å². The molecule has 0 saturated carbocycles. The van der Waals surface area contributed by atoms with E-state index in [4.69, 9.17) is 10.00 Å². The van der Waals surface area contributed by atoms with Gasteiger partial charge in [0.15, 0.2) is 6.10 Å². The summed E-state index contributed by atoms with van der Waals surface area (Å²) in [7, 11) is -3.53. The number of anilines is 1. The summed E-state index contributed by atoms with van der Waals surface area (Å²) >= 11 is 0. The number of carbonyl (C=O) groups is 2. The summed E-state index contributed by atoms with van der Waals surface area (Å²) in [5, 5.41) is 8.91. The van der Waals surface area contributed by atoms with Gasteiger partial charge in [-0.1, -0.05) is 44.2 Å². The maximum absolute atomic E-state index is 12.9. The van der Waals surface area contributed by atoms with Crippen LogP contribution in [-0.2, 0) is 30.8 Å². The normalized spacial score (nSPS) is 12.1. The maximum atomic E-state index is 12.9. The van der Waals surface area contributed by atoms with Crippen LogP contribution in [0.4, 0.5) is 5.69 Å². The lowest BCUT2D eigenvalue weighted by Crippen LogP contribution is -2.40. The maximum Gasteiger partial charge on any atom is 0.306 e. The molecule has 9 heteroatoms. The van der Waals surface area contributed by atoms with Gasteiger partial charge in [0, 0.05) is 31.7 Å². The second kappa shape index (κ2) is 12.9. The fourth-order valence-electron chi connectivity index (χ4n) is 3.45. The zero-order valence-corrected chi connectivity index (χ0v) is 20.6. The van der Waals surface area contributed by atoms with Crippen molar-refractivity contribution in [1.29, 1.82) is 5.26 Å². The molecule has 0 radical (unpaired) electrons. The Balaban J connectivity index is 1.96. The van der Waals surface area contributed by atoms with Gasteiger partial charge in [0.1, 0.15) is 0 Å². The van der Waals surface area contributed by atoms with Gasteiger partial charge in [-0.2, -0.15) is 9.57 Å². The third kappa shape index (κ3) is 7.14. The van der Waals surface area contributed by atoms with Crippen molar-refractivity contribution >= 4 is 27.6 Å². The predicted molar refractivity (Wildman–Crippen MR) is 129 cm³/mol. The smallest absolute Gasteiger partial charge is 0.306 e. The summed E-state index contributed by atoms with van der Waals surface area (Å²) < 4.78 is 31.9. The number of nitrogens with zero attached hydrogens (tertiary/aromatic N) is 3. The van der Waals surface area contributed by atoms with Crippen molar-refractivity contribution in [2.45, 2.75) is 51.0 Å². The van der Waals surface area contributed by atoms with Gasteiger partial charge in [0.05, 0.1) is 17.4 Å². The molecule has 0 aliphatic carbocycles. The molecule has 0 aromatic heterocycles. The highest BCUT2D eigenvalue weighted by atomic mass is 32.2. The minimum atomic E-state index is -3.53. The number of nitriles is 1. The van der Waals surface area contributed by atoms with Crippen molar-refractivity contribution < 1.29 is 22.7 Å². The molecular formula is C25H31N3O5S. The lowest BCUT2D eigenvalue weighted by Gasteiger charge is -2.25. The van der Waals surface area contributed by atoms with Crippen LogP contribution in [0.2, 0.25) is 0 Å². The standard InChI is InChI=1S/C25H31N3O5S/c1-4-27(5-2)34(31,32)23-15-12-21(13-16-23)14-17-24(29)33-20(3)25(30)28(19-9-18-26)22-10-7-6-8-11-22/h6-8,10-13,15-16,20H,4-5,9,14,17,19H2,1-3H3. The summed E-state index contributed by atoms with van der Waals surface area (Å²) in [6.45, 7) is 6.06. The second-order valence-electron chi connectivity index (χ2n) is 7.60. The van der Waals surface area contributed by atoms with Gasteiger partial charge in [0.25, 0.3) is 5.91 Å². The number of aryl methyl sites for hydroxylation is 1. The molecule has 2 aromatic carbocycles. The van der Waals surface area contributed by atoms with E-state index in [-0.39, 0.29) is 24.3 Å². The third-order valence-corrected chi connectivity index (χ3v) is 7.39. The summed E-state index contributed by atoms with van der Waals surface area (Å²) in [5.74, 6) is -0.935. The van der Waals surface area contributed by atoms with Gasteiger partial charge in [-0.15, -0.1) is 0 Å². The first kappa shape index (κ1) is 27.0. The quantitative estimate of drug-likeness (QED) is 0.426. The van der Waals surface area contributed by atoms with Crippen LogP contribution in [0.25, 0.3) is 0 Å². The van der Waals surface area contributed by atoms with Crippen LogP contribution in [0.15, 0.2) is 59.5 Å². The van der Waals surface area contributed by atoms with E-state index in [1.165, 1.54) is 28.3 Å². The molecule has 0 aliphatic rings. The molecule has 2 aromatic rings. The Kier molecular flexibility index (Phi) is 10.2. The molecule has 0 N–H and O–H groups in total. The molecule has 0 bridgehead atoms. The SMILES string of the molecule is CCN(CC)S(=O)(=O)c1ccc(CCC(=O)OC(C)C(=O)N(CCC#N)c2ccccc2)cc1. The highest BCUT2D eigenvalue weighted by molar-refractivity contribution is 7.89. The summed E-state index contributed by atoms with van der Waals surface area (Å²) in [6, 6.07) is 17.4. The molecule has 0 heterocycles. The molecule has 0 saturated heterocycles. The van der Waals surface area contributed by atoms with E-state index in [2.05, 4.69) is 0 Å². The molecule has 1 atom stereocenters. The number of hydrogen-bond donors (Lipinski definition) is 0. The topological polar surface area (TPSA) is 108 Å². The Bertz CT molecular complexity index is 1090. The van der Waals surface area contributed by atoms with Gasteiger partial charge < -0.3 is 9.64 Å². The zero-order valence-electron chi connectivity index (χ0n) is 19.8. The van der Waals surface area contributed by atoms with Crippen LogP contribution >= 0.6 is 0 Å². The summed E-state index contributed by atoms with van der Waals surface area (Å²) in [5.41, 5.74) is 1.42. The number of carbonyl (C=O) groups excluding carboxylic acids is 2. The zero-order chi connectivity index (χ0) is 25.1. The van der Waals surface area contributed by atoms with Gasteiger partial charge in [-0.25, -0.2) is 8.42 Å². The molecule has 0 fully saturated rings. The van der Waals surface area contributed by atoms with Gasteiger partial charge in [-0.05, 0) is 43.2 Å². The molecule has 182 valence electrons. The molecule has 1 unspecified atom stereocenters. The average Bonchev–Trinajstić information content (AvgIpc) is 2.84. The van der Waals surface area contributed by atoms with Crippen LogP contribution in [0.5, 0.6) is 0 Å². The summed E-state index contributed by atoms with van der Waals surface area (Å²) in [4.78, 5) is 26.9. The lowest BCUT2D eigenvalue weighted by molar-refractivity contribution is -0.153. The first-order valence-electron chi connectivity index (χ1n) is 11.3. The largest absolute Gasteiger partial charge is 0.453 e. The Morgan fingerprint density at radius 2 is 1.65 bits per heavy atom. The second-order valence-corrected chi connectivity index (χ2v) is 9.54. The van der Waals surface area contributed by atoms with Crippen LogP contribution in [-0.4, -0.2) is 50.3 Å². The van der Waals surface area contributed by atoms with E-state index in [9.17, 15) is 18.0 Å². The van der Waals surface area contributed by atoms with Crippen LogP contribution in [0.1, 0.15) is 39.2 Å². The Morgan fingerprint density at radius 1 is 1.03 bits per heavy atom. The predicted octanol–water partition coefficient (Wildman–Crippen LogP) is 3.53. The van der Waals surface area contributed by atoms with E-state index >= 15 is 0 Å². The molecular weight excluding hydrogens is 454 g/mol. The fraction of sp³-hybridized carbons (Fsp3) is 0.400. The number of para-hydroxylation sites is 1. The number of amides is 1. The van der Waals surface area contributed by atoms with Crippen molar-refractivity contribution in [2.24, 2.45) is 0 Å². The minimum Gasteiger partial charge on any atom is -0.453 e. The molecule has 34 heavy (non-hydrogen) atoms. The first-order chi connectivity index (χ1) is 16.2.